The molecule has 2 aromatic carbocycles. The molecule has 2 aromatic heterocycles. The minimum absolute atomic E-state index is 0. The van der Waals surface area contributed by atoms with Crippen molar-refractivity contribution in [2.45, 2.75) is 46.1 Å². The van der Waals surface area contributed by atoms with Gasteiger partial charge in [0.25, 0.3) is 0 Å². The molecule has 0 aliphatic carbocycles. The van der Waals surface area contributed by atoms with Crippen molar-refractivity contribution in [3.63, 3.8) is 0 Å². The van der Waals surface area contributed by atoms with Crippen molar-refractivity contribution in [2.75, 3.05) is 23.3 Å². The number of aldehydes is 1. The number of hydrogen-bond acceptors (Lipinski definition) is 6. The second-order valence-corrected chi connectivity index (χ2v) is 10.1. The molecule has 0 amide bonds. The van der Waals surface area contributed by atoms with Crippen molar-refractivity contribution in [3.8, 4) is 11.3 Å². The van der Waals surface area contributed by atoms with E-state index in [0.29, 0.717) is 44.3 Å². The van der Waals surface area contributed by atoms with Crippen LogP contribution < -0.4 is 15.6 Å². The van der Waals surface area contributed by atoms with Crippen LogP contribution in [0.25, 0.3) is 22.2 Å². The monoisotopic (exact) mass is 709 g/mol. The molecule has 1 N–H and O–H groups in total. The molecule has 1 aliphatic heterocycles. The number of pyridine rings is 1. The number of benzene rings is 2. The first-order valence-corrected chi connectivity index (χ1v) is 13.0. The number of nitrogens with zero attached hydrogens (tertiary/aromatic N) is 2. The molecule has 1 unspecified atom stereocenters. The molecule has 200 valence electrons. The average molecular weight is 710 g/mol. The van der Waals surface area contributed by atoms with Crippen molar-refractivity contribution in [1.82, 2.24) is 4.98 Å². The van der Waals surface area contributed by atoms with Crippen molar-refractivity contribution in [1.29, 1.82) is 0 Å². The molecule has 0 saturated carbocycles. The van der Waals surface area contributed by atoms with E-state index in [4.69, 9.17) is 16.0 Å². The summed E-state index contributed by atoms with van der Waals surface area (Å²) < 4.78 is 6.53. The summed E-state index contributed by atoms with van der Waals surface area (Å²) in [6.07, 6.45) is 5.81. The fourth-order valence-electron chi connectivity index (χ4n) is 5.10. The molecule has 1 fully saturated rings. The molecule has 5 rings (SSSR count). The van der Waals surface area contributed by atoms with Crippen LogP contribution in [-0.4, -0.2) is 24.4 Å². The van der Waals surface area contributed by atoms with Crippen LogP contribution in [0.1, 0.15) is 59.3 Å². The zero-order valence-corrected chi connectivity index (χ0v) is 24.6. The van der Waals surface area contributed by atoms with Gasteiger partial charge in [0, 0.05) is 45.9 Å². The van der Waals surface area contributed by atoms with Gasteiger partial charge >= 0.3 is 0 Å². The smallest absolute Gasteiger partial charge is 0.202 e. The van der Waals surface area contributed by atoms with Crippen LogP contribution in [0.5, 0.6) is 0 Å². The van der Waals surface area contributed by atoms with Crippen molar-refractivity contribution in [3.05, 3.63) is 86.2 Å². The predicted octanol–water partition coefficient (Wildman–Crippen LogP) is 6.90. The summed E-state index contributed by atoms with van der Waals surface area (Å²) >= 11 is 6.21. The zero-order valence-electron chi connectivity index (χ0n) is 21.5. The summed E-state index contributed by atoms with van der Waals surface area (Å²) in [5, 5.41) is 4.49. The van der Waals surface area contributed by atoms with Crippen LogP contribution in [0.15, 0.2) is 51.8 Å². The molecule has 1 aliphatic rings. The maximum atomic E-state index is 13.4. The predicted molar refractivity (Wildman–Crippen MR) is 149 cm³/mol. The van der Waals surface area contributed by atoms with Gasteiger partial charge in [-0.2, -0.15) is 0 Å². The number of aromatic nitrogens is 1. The number of piperidine rings is 1. The fraction of sp³-hybridized carbons (Fsp3) is 0.300. The van der Waals surface area contributed by atoms with Gasteiger partial charge in [-0.15, -0.1) is 35.4 Å². The minimum Gasteiger partial charge on any atom is -0.440 e. The van der Waals surface area contributed by atoms with E-state index in [1.165, 1.54) is 6.42 Å². The zero-order chi connectivity index (χ0) is 26.1. The Morgan fingerprint density at radius 1 is 1.16 bits per heavy atom. The van der Waals surface area contributed by atoms with Crippen molar-refractivity contribution < 1.29 is 30.3 Å². The Morgan fingerprint density at radius 2 is 1.92 bits per heavy atom. The largest absolute Gasteiger partial charge is 0.440 e. The molecular formula is C30H29ClN3O3Pt-. The van der Waals surface area contributed by atoms with Crippen LogP contribution in [0.2, 0.25) is 5.02 Å². The van der Waals surface area contributed by atoms with Gasteiger partial charge in [-0.3, -0.25) is 9.78 Å². The SMILES string of the molecule is Cc1cc(C(C)Nc2cccnc2-c2cc(Cl)[c-]c(C=O)c2)c2oc(N3CCCCC3)c(C)c(=O)c2c1.[Pt]. The van der Waals surface area contributed by atoms with Gasteiger partial charge in [0.15, 0.2) is 5.43 Å². The number of carbonyl (C=O) groups excluding carboxylic acids is 1. The summed E-state index contributed by atoms with van der Waals surface area (Å²) in [6.45, 7) is 7.67. The molecule has 6 nitrogen and oxygen atoms in total. The third-order valence-electron chi connectivity index (χ3n) is 6.91. The van der Waals surface area contributed by atoms with Crippen molar-refractivity contribution >= 4 is 40.4 Å². The second-order valence-electron chi connectivity index (χ2n) is 9.70. The van der Waals surface area contributed by atoms with Gasteiger partial charge in [0.05, 0.1) is 34.7 Å². The van der Waals surface area contributed by atoms with E-state index in [1.54, 1.807) is 18.3 Å². The van der Waals surface area contributed by atoms with Crippen LogP contribution >= 0.6 is 11.6 Å². The fourth-order valence-corrected chi connectivity index (χ4v) is 5.32. The molecule has 0 spiro atoms. The van der Waals surface area contributed by atoms with E-state index < -0.39 is 0 Å². The molecule has 1 saturated heterocycles. The Labute approximate surface area is 241 Å². The number of nitrogens with one attached hydrogen (secondary N) is 1. The van der Waals surface area contributed by atoms with E-state index in [2.05, 4.69) is 27.3 Å². The number of fused-ring (bicyclic) bond motifs is 1. The molecule has 3 heterocycles. The van der Waals surface area contributed by atoms with E-state index in [9.17, 15) is 9.59 Å². The third-order valence-corrected chi connectivity index (χ3v) is 7.12. The van der Waals surface area contributed by atoms with E-state index >= 15 is 0 Å². The second kappa shape index (κ2) is 11.8. The van der Waals surface area contributed by atoms with Gasteiger partial charge in [-0.1, -0.05) is 11.6 Å². The van der Waals surface area contributed by atoms with Gasteiger partial charge in [0.1, 0.15) is 5.58 Å². The molecule has 8 heteroatoms. The van der Waals surface area contributed by atoms with Gasteiger partial charge in [-0.05, 0) is 68.8 Å². The first-order chi connectivity index (χ1) is 17.9. The maximum absolute atomic E-state index is 13.4. The van der Waals surface area contributed by atoms with Crippen LogP contribution in [0, 0.1) is 19.9 Å². The Bertz CT molecular complexity index is 1550. The summed E-state index contributed by atoms with van der Waals surface area (Å²) in [5.74, 6) is 0.674. The Kier molecular flexibility index (Phi) is 8.74. The van der Waals surface area contributed by atoms with Crippen LogP contribution in [0.4, 0.5) is 11.6 Å². The Hall–Kier alpha value is -2.95. The molecule has 1 atom stereocenters. The van der Waals surface area contributed by atoms with E-state index in [1.807, 2.05) is 39.0 Å². The number of carbonyl (C=O) groups is 1. The number of rotatable bonds is 6. The minimum atomic E-state index is -0.207. The number of anilines is 2. The molecular weight excluding hydrogens is 681 g/mol. The Morgan fingerprint density at radius 3 is 2.66 bits per heavy atom. The number of aryl methyl sites for hydroxylation is 1. The van der Waals surface area contributed by atoms with E-state index in [0.717, 1.165) is 49.0 Å². The van der Waals surface area contributed by atoms with E-state index in [-0.39, 0.29) is 32.5 Å². The van der Waals surface area contributed by atoms with Crippen LogP contribution in [0.3, 0.4) is 0 Å². The number of hydrogen-bond donors (Lipinski definition) is 1. The van der Waals surface area contributed by atoms with Gasteiger partial charge < -0.3 is 19.4 Å². The first kappa shape index (κ1) is 28.1. The molecule has 0 bridgehead atoms. The molecule has 4 aromatic rings. The van der Waals surface area contributed by atoms with Crippen LogP contribution in [-0.2, 0) is 21.1 Å². The van der Waals surface area contributed by atoms with Gasteiger partial charge in [-0.25, -0.2) is 0 Å². The third kappa shape index (κ3) is 5.57. The maximum Gasteiger partial charge on any atom is 0.202 e. The summed E-state index contributed by atoms with van der Waals surface area (Å²) in [4.78, 5) is 31.6. The summed E-state index contributed by atoms with van der Waals surface area (Å²) in [5.41, 5.74) is 5.67. The normalized spacial score (nSPS) is 14.2. The molecule has 38 heavy (non-hydrogen) atoms. The summed E-state index contributed by atoms with van der Waals surface area (Å²) in [7, 11) is 0. The average Bonchev–Trinajstić information content (AvgIpc) is 2.91. The molecule has 0 radical (unpaired) electrons. The quantitative estimate of drug-likeness (QED) is 0.174. The van der Waals surface area contributed by atoms with Crippen molar-refractivity contribution in [2.24, 2.45) is 0 Å². The standard InChI is InChI=1S/C30H29ClN3O3.Pt/c1-18-12-24(29-25(13-18)28(36)19(2)30(37-29)34-10-5-4-6-11-34)20(3)33-26-8-7-9-32-27(26)22-14-21(17-35)15-23(31)16-22;/h7-9,12-14,16-17,20,33H,4-6,10-11H2,1-3H3;/q-1;. The van der Waals surface area contributed by atoms with Gasteiger partial charge in [0.2, 0.25) is 5.88 Å². The summed E-state index contributed by atoms with van der Waals surface area (Å²) in [6, 6.07) is 13.8. The Balaban J connectivity index is 0.00000336. The topological polar surface area (TPSA) is 75.4 Å². The number of halogens is 1. The first-order valence-electron chi connectivity index (χ1n) is 12.6.